The maximum atomic E-state index is 3.74. The third-order valence-corrected chi connectivity index (χ3v) is 9.51. The summed E-state index contributed by atoms with van der Waals surface area (Å²) in [5.74, 6) is 0. The molecule has 2 aromatic carbocycles. The Labute approximate surface area is 184 Å². The van der Waals surface area contributed by atoms with Crippen molar-refractivity contribution in [1.29, 1.82) is 0 Å². The van der Waals surface area contributed by atoms with Gasteiger partial charge in [0.25, 0.3) is 0 Å². The van der Waals surface area contributed by atoms with Crippen LogP contribution in [0.1, 0.15) is 12.0 Å². The minimum absolute atomic E-state index is 0. The molecule has 0 aromatic heterocycles. The molecule has 0 nitrogen and oxygen atoms in total. The van der Waals surface area contributed by atoms with Gasteiger partial charge in [-0.1, -0.05) is 0 Å². The van der Waals surface area contributed by atoms with Crippen molar-refractivity contribution in [2.75, 3.05) is 0 Å². The summed E-state index contributed by atoms with van der Waals surface area (Å²) in [6.07, 6.45) is 10.5. The molecule has 0 N–H and O–H groups in total. The summed E-state index contributed by atoms with van der Waals surface area (Å²) in [6.45, 7) is 0. The summed E-state index contributed by atoms with van der Waals surface area (Å²) >= 11 is 5.04. The first-order valence-corrected chi connectivity index (χ1v) is 11.9. The molecule has 25 heavy (non-hydrogen) atoms. The number of hydrogen-bond donors (Lipinski definition) is 0. The molecule has 0 fully saturated rings. The van der Waals surface area contributed by atoms with Crippen LogP contribution in [-0.2, 0) is 23.2 Å². The standard InChI is InChI=1S/C15H8BrS.C5H5.2ClH.Zr/c16-10-5-6-12-13(8-10)17-14-7-9-3-1-2-4-11(9)15(12)14;1-2-4-5-3-1;;;/h1-5,7-8,14H;1-3H,4H2;2*1H;/q;;;;+2/p-2. The van der Waals surface area contributed by atoms with E-state index < -0.39 is 23.2 Å². The third-order valence-electron chi connectivity index (χ3n) is 4.52. The second-order valence-electron chi connectivity index (χ2n) is 5.98. The van der Waals surface area contributed by atoms with Crippen LogP contribution in [0.4, 0.5) is 0 Å². The van der Waals surface area contributed by atoms with Crippen LogP contribution < -0.4 is 38.5 Å². The average Bonchev–Trinajstić information content (AvgIpc) is 3.21. The maximum absolute atomic E-state index is 3.74. The van der Waals surface area contributed by atoms with E-state index in [1.165, 1.54) is 26.2 Å². The summed E-state index contributed by atoms with van der Waals surface area (Å²) in [5.41, 5.74) is 3.12. The van der Waals surface area contributed by atoms with Crippen molar-refractivity contribution in [3.05, 3.63) is 78.4 Å². The first kappa shape index (κ1) is 19.7. The van der Waals surface area contributed by atoms with Gasteiger partial charge in [0.1, 0.15) is 0 Å². The predicted octanol–water partition coefficient (Wildman–Crippen LogP) is -2.52. The van der Waals surface area contributed by atoms with Crippen molar-refractivity contribution >= 4 is 42.6 Å². The molecule has 1 heterocycles. The zero-order chi connectivity index (χ0) is 15.4. The Kier molecular flexibility index (Phi) is 6.23. The molecule has 1 aliphatic heterocycles. The zero-order valence-corrected chi connectivity index (χ0v) is 19.5. The molecule has 0 bridgehead atoms. The van der Waals surface area contributed by atoms with E-state index in [0.717, 1.165) is 0 Å². The van der Waals surface area contributed by atoms with Crippen LogP contribution in [0.25, 0.3) is 11.6 Å². The first-order valence-electron chi connectivity index (χ1n) is 7.74. The van der Waals surface area contributed by atoms with Crippen LogP contribution in [-0.4, -0.2) is 5.25 Å². The summed E-state index contributed by atoms with van der Waals surface area (Å²) < 4.78 is 4.54. The molecular formula is C20H13BrCl2SZr. The SMILES string of the molecule is Brc1cc2c([c]([Zr+2][C]3=CC=CC3)c1)C1=c3ccccc3=CC1S2.[Cl-].[Cl-]. The molecule has 0 saturated carbocycles. The van der Waals surface area contributed by atoms with Crippen LogP contribution in [0.3, 0.4) is 0 Å². The van der Waals surface area contributed by atoms with E-state index >= 15 is 0 Å². The van der Waals surface area contributed by atoms with Crippen LogP contribution in [0.5, 0.6) is 0 Å². The second-order valence-corrected chi connectivity index (χ2v) is 11.6. The van der Waals surface area contributed by atoms with Crippen molar-refractivity contribution in [2.24, 2.45) is 0 Å². The Morgan fingerprint density at radius 1 is 1.12 bits per heavy atom. The van der Waals surface area contributed by atoms with Crippen LogP contribution in [0.2, 0.25) is 0 Å². The van der Waals surface area contributed by atoms with Crippen LogP contribution in [0.15, 0.2) is 67.3 Å². The van der Waals surface area contributed by atoms with Crippen LogP contribution in [0, 0.1) is 0 Å². The maximum Gasteiger partial charge on any atom is -1.00 e. The summed E-state index contributed by atoms with van der Waals surface area (Å²) in [4.78, 5) is 1.47. The predicted molar refractivity (Wildman–Crippen MR) is 97.9 cm³/mol. The van der Waals surface area contributed by atoms with Gasteiger partial charge in [-0.3, -0.25) is 0 Å². The molecule has 1 atom stereocenters. The molecule has 3 aliphatic rings. The quantitative estimate of drug-likeness (QED) is 0.416. The Hall–Kier alpha value is -0.0469. The number of rotatable bonds is 2. The zero-order valence-electron chi connectivity index (χ0n) is 13.1. The molecule has 2 aliphatic carbocycles. The van der Waals surface area contributed by atoms with Gasteiger partial charge in [-0.2, -0.15) is 0 Å². The molecule has 1 unspecified atom stereocenters. The van der Waals surface area contributed by atoms with Crippen molar-refractivity contribution in [2.45, 2.75) is 16.6 Å². The largest absolute Gasteiger partial charge is 1.00 e. The Morgan fingerprint density at radius 3 is 2.76 bits per heavy atom. The molecule has 2 aromatic rings. The van der Waals surface area contributed by atoms with Crippen molar-refractivity contribution in [3.8, 4) is 0 Å². The number of hydrogen-bond acceptors (Lipinski definition) is 1. The number of allylic oxidation sites excluding steroid dienone is 4. The molecule has 0 amide bonds. The Bertz CT molecular complexity index is 1030. The fourth-order valence-corrected chi connectivity index (χ4v) is 9.65. The number of thioether (sulfide) groups is 1. The second kappa shape index (κ2) is 7.91. The van der Waals surface area contributed by atoms with Crippen molar-refractivity contribution < 1.29 is 48.0 Å². The van der Waals surface area contributed by atoms with Gasteiger partial charge in [0.05, 0.1) is 0 Å². The summed E-state index contributed by atoms with van der Waals surface area (Å²) in [5, 5.41) is 3.36. The smallest absolute Gasteiger partial charge is 1.00 e. The number of fused-ring (bicyclic) bond motifs is 4. The molecule has 5 rings (SSSR count). The average molecular weight is 527 g/mol. The van der Waals surface area contributed by atoms with Gasteiger partial charge in [-0.25, -0.2) is 0 Å². The van der Waals surface area contributed by atoms with Crippen molar-refractivity contribution in [1.82, 2.24) is 0 Å². The summed E-state index contributed by atoms with van der Waals surface area (Å²) in [6, 6.07) is 13.6. The molecule has 124 valence electrons. The van der Waals surface area contributed by atoms with Gasteiger partial charge >= 0.3 is 161 Å². The van der Waals surface area contributed by atoms with Gasteiger partial charge in [0, 0.05) is 0 Å². The van der Waals surface area contributed by atoms with E-state index in [2.05, 4.69) is 76.6 Å². The molecule has 0 radical (unpaired) electrons. The Balaban J connectivity index is 0.000000911. The summed E-state index contributed by atoms with van der Waals surface area (Å²) in [7, 11) is 0. The molecule has 0 saturated heterocycles. The molecule has 5 heteroatoms. The Morgan fingerprint density at radius 2 is 1.96 bits per heavy atom. The van der Waals surface area contributed by atoms with E-state index in [0.29, 0.717) is 5.25 Å². The normalized spacial score (nSPS) is 18.2. The van der Waals surface area contributed by atoms with Crippen LogP contribution >= 0.6 is 27.7 Å². The number of halogens is 3. The van der Waals surface area contributed by atoms with E-state index in [1.807, 2.05) is 11.8 Å². The fraction of sp³-hybridized carbons (Fsp3) is 0.100. The minimum Gasteiger partial charge on any atom is -1.00 e. The van der Waals surface area contributed by atoms with E-state index in [-0.39, 0.29) is 24.8 Å². The minimum atomic E-state index is -0.716. The van der Waals surface area contributed by atoms with Gasteiger partial charge < -0.3 is 24.8 Å². The van der Waals surface area contributed by atoms with Gasteiger partial charge in [0.15, 0.2) is 0 Å². The topological polar surface area (TPSA) is 0 Å². The van der Waals surface area contributed by atoms with Gasteiger partial charge in [0.2, 0.25) is 0 Å². The van der Waals surface area contributed by atoms with Crippen molar-refractivity contribution in [3.63, 3.8) is 0 Å². The monoisotopic (exact) mass is 524 g/mol. The van der Waals surface area contributed by atoms with E-state index in [9.17, 15) is 0 Å². The third kappa shape index (κ3) is 3.44. The molecule has 0 spiro atoms. The van der Waals surface area contributed by atoms with E-state index in [4.69, 9.17) is 0 Å². The van der Waals surface area contributed by atoms with E-state index in [1.54, 1.807) is 17.7 Å². The van der Waals surface area contributed by atoms with Gasteiger partial charge in [-0.05, 0) is 0 Å². The first-order chi connectivity index (χ1) is 11.3. The number of benzene rings is 2. The molecular weight excluding hydrogens is 514 g/mol. The fourth-order valence-electron chi connectivity index (χ4n) is 3.56. The van der Waals surface area contributed by atoms with Gasteiger partial charge in [-0.15, -0.1) is 0 Å².